The predicted molar refractivity (Wildman–Crippen MR) is 99.8 cm³/mol. The maximum absolute atomic E-state index is 14.2. The largest absolute Gasteiger partial charge is 0.497 e. The van der Waals surface area contributed by atoms with Crippen LogP contribution >= 0.6 is 0 Å². The fourth-order valence-corrected chi connectivity index (χ4v) is 3.22. The molecule has 1 unspecified atom stereocenters. The van der Waals surface area contributed by atoms with Gasteiger partial charge in [-0.15, -0.1) is 0 Å². The highest BCUT2D eigenvalue weighted by molar-refractivity contribution is 5.95. The molecular weight excluding hydrogens is 349 g/mol. The molecule has 6 heteroatoms. The smallest absolute Gasteiger partial charge is 0.254 e. The van der Waals surface area contributed by atoms with Crippen LogP contribution in [0.3, 0.4) is 0 Å². The van der Waals surface area contributed by atoms with Crippen LogP contribution in [0.25, 0.3) is 0 Å². The molecule has 1 aliphatic heterocycles. The fraction of sp³-hybridized carbons (Fsp3) is 0.381. The van der Waals surface area contributed by atoms with Crippen LogP contribution in [0, 0.1) is 5.82 Å². The molecule has 3 rings (SSSR count). The van der Waals surface area contributed by atoms with E-state index in [9.17, 15) is 9.18 Å². The summed E-state index contributed by atoms with van der Waals surface area (Å²) in [6.45, 7) is 4.42. The normalized spacial score (nSPS) is 18.9. The lowest BCUT2D eigenvalue weighted by Crippen LogP contribution is -2.56. The van der Waals surface area contributed by atoms with E-state index in [4.69, 9.17) is 14.2 Å². The first kappa shape index (κ1) is 19.2. The minimum atomic E-state index is -0.533. The summed E-state index contributed by atoms with van der Waals surface area (Å²) < 4.78 is 30.6. The topological polar surface area (TPSA) is 48.0 Å². The minimum Gasteiger partial charge on any atom is -0.497 e. The quantitative estimate of drug-likeness (QED) is 0.817. The zero-order chi connectivity index (χ0) is 19.6. The van der Waals surface area contributed by atoms with Crippen molar-refractivity contribution in [3.63, 3.8) is 0 Å². The first-order chi connectivity index (χ1) is 12.9. The number of halogens is 1. The zero-order valence-corrected chi connectivity index (χ0v) is 16.0. The number of methoxy groups -OCH3 is 2. The van der Waals surface area contributed by atoms with Crippen molar-refractivity contribution in [1.82, 2.24) is 4.90 Å². The number of morpholine rings is 1. The Bertz CT molecular complexity index is 814. The maximum atomic E-state index is 14.2. The summed E-state index contributed by atoms with van der Waals surface area (Å²) in [4.78, 5) is 15.0. The molecule has 27 heavy (non-hydrogen) atoms. The summed E-state index contributed by atoms with van der Waals surface area (Å²) in [6, 6.07) is 11.6. The van der Waals surface area contributed by atoms with Crippen molar-refractivity contribution in [2.24, 2.45) is 0 Å². The number of nitrogens with zero attached hydrogens (tertiary/aromatic N) is 1. The molecule has 0 N–H and O–H groups in total. The Morgan fingerprint density at radius 1 is 1.15 bits per heavy atom. The second kappa shape index (κ2) is 7.56. The first-order valence-corrected chi connectivity index (χ1v) is 8.77. The minimum absolute atomic E-state index is 0.179. The van der Waals surface area contributed by atoms with Gasteiger partial charge in [-0.05, 0) is 32.0 Å². The second-order valence-corrected chi connectivity index (χ2v) is 7.15. The molecule has 1 aliphatic rings. The van der Waals surface area contributed by atoms with Crippen LogP contribution in [0.5, 0.6) is 11.5 Å². The standard InChI is InChI=1S/C21H24FNO4/c1-21(2)13-27-19(17-7-5-6-8-18(17)22)12-23(21)20(24)14-9-15(25-3)11-16(10-14)26-4/h5-11,19H,12-13H2,1-4H3. The van der Waals surface area contributed by atoms with Gasteiger partial charge in [0.05, 0.1) is 32.9 Å². The number of carbonyl (C=O) groups is 1. The van der Waals surface area contributed by atoms with E-state index in [1.54, 1.807) is 41.3 Å². The molecule has 0 radical (unpaired) electrons. The maximum Gasteiger partial charge on any atom is 0.254 e. The second-order valence-electron chi connectivity index (χ2n) is 7.15. The number of carbonyl (C=O) groups excluding carboxylic acids is 1. The van der Waals surface area contributed by atoms with Gasteiger partial charge in [0.15, 0.2) is 0 Å². The van der Waals surface area contributed by atoms with Gasteiger partial charge in [0, 0.05) is 17.2 Å². The Balaban J connectivity index is 1.93. The van der Waals surface area contributed by atoms with Gasteiger partial charge in [0.25, 0.3) is 5.91 Å². The molecule has 1 amide bonds. The van der Waals surface area contributed by atoms with Crippen molar-refractivity contribution in [1.29, 1.82) is 0 Å². The zero-order valence-electron chi connectivity index (χ0n) is 16.0. The predicted octanol–water partition coefficient (Wildman–Crippen LogP) is 3.84. The van der Waals surface area contributed by atoms with Crippen LogP contribution in [0.15, 0.2) is 42.5 Å². The number of hydrogen-bond donors (Lipinski definition) is 0. The average molecular weight is 373 g/mol. The van der Waals surface area contributed by atoms with E-state index in [1.807, 2.05) is 13.8 Å². The summed E-state index contributed by atoms with van der Waals surface area (Å²) in [6.07, 6.45) is -0.518. The molecular formula is C21H24FNO4. The Morgan fingerprint density at radius 3 is 2.37 bits per heavy atom. The molecule has 0 saturated carbocycles. The van der Waals surface area contributed by atoms with Gasteiger partial charge >= 0.3 is 0 Å². The van der Waals surface area contributed by atoms with Crippen molar-refractivity contribution in [3.05, 3.63) is 59.4 Å². The van der Waals surface area contributed by atoms with Gasteiger partial charge in [-0.1, -0.05) is 18.2 Å². The van der Waals surface area contributed by atoms with E-state index >= 15 is 0 Å². The summed E-state index contributed by atoms with van der Waals surface area (Å²) >= 11 is 0. The van der Waals surface area contributed by atoms with Crippen molar-refractivity contribution in [3.8, 4) is 11.5 Å². The SMILES string of the molecule is COc1cc(OC)cc(C(=O)N2CC(c3ccccc3F)OCC2(C)C)c1. The molecule has 2 aromatic carbocycles. The third-order valence-corrected chi connectivity index (χ3v) is 4.81. The molecule has 144 valence electrons. The van der Waals surface area contributed by atoms with Gasteiger partial charge < -0.3 is 19.1 Å². The van der Waals surface area contributed by atoms with E-state index in [-0.39, 0.29) is 18.3 Å². The first-order valence-electron chi connectivity index (χ1n) is 8.77. The van der Waals surface area contributed by atoms with Crippen LogP contribution in [0.2, 0.25) is 0 Å². The Labute approximate surface area is 158 Å². The number of rotatable bonds is 4. The van der Waals surface area contributed by atoms with Gasteiger partial charge in [-0.2, -0.15) is 0 Å². The summed E-state index contributed by atoms with van der Waals surface area (Å²) in [5.74, 6) is 0.559. The number of benzene rings is 2. The van der Waals surface area contributed by atoms with Crippen molar-refractivity contribution in [2.75, 3.05) is 27.4 Å². The fourth-order valence-electron chi connectivity index (χ4n) is 3.22. The molecule has 1 atom stereocenters. The Kier molecular flexibility index (Phi) is 5.37. The number of ether oxygens (including phenoxy) is 3. The highest BCUT2D eigenvalue weighted by Crippen LogP contribution is 2.33. The highest BCUT2D eigenvalue weighted by atomic mass is 19.1. The molecule has 0 spiro atoms. The molecule has 1 heterocycles. The molecule has 1 fully saturated rings. The van der Waals surface area contributed by atoms with Crippen molar-refractivity contribution in [2.45, 2.75) is 25.5 Å². The van der Waals surface area contributed by atoms with E-state index in [0.717, 1.165) is 0 Å². The van der Waals surface area contributed by atoms with E-state index in [2.05, 4.69) is 0 Å². The third-order valence-electron chi connectivity index (χ3n) is 4.81. The van der Waals surface area contributed by atoms with Crippen LogP contribution < -0.4 is 9.47 Å². The van der Waals surface area contributed by atoms with Gasteiger partial charge in [-0.25, -0.2) is 4.39 Å². The van der Waals surface area contributed by atoms with Gasteiger partial charge in [-0.3, -0.25) is 4.79 Å². The lowest BCUT2D eigenvalue weighted by atomic mass is 9.96. The van der Waals surface area contributed by atoms with Gasteiger partial charge in [0.1, 0.15) is 23.4 Å². The van der Waals surface area contributed by atoms with Crippen LogP contribution in [-0.4, -0.2) is 43.7 Å². The number of amides is 1. The van der Waals surface area contributed by atoms with Crippen LogP contribution in [0.4, 0.5) is 4.39 Å². The summed E-state index contributed by atoms with van der Waals surface area (Å²) in [5, 5.41) is 0. The van der Waals surface area contributed by atoms with E-state index < -0.39 is 11.6 Å². The lowest BCUT2D eigenvalue weighted by molar-refractivity contribution is -0.0857. The van der Waals surface area contributed by atoms with Gasteiger partial charge in [0.2, 0.25) is 0 Å². The monoisotopic (exact) mass is 373 g/mol. The molecule has 0 bridgehead atoms. The molecule has 1 saturated heterocycles. The van der Waals surface area contributed by atoms with Crippen LogP contribution in [-0.2, 0) is 4.74 Å². The Morgan fingerprint density at radius 2 is 1.78 bits per heavy atom. The summed E-state index contributed by atoms with van der Waals surface area (Å²) in [5.41, 5.74) is 0.372. The van der Waals surface area contributed by atoms with E-state index in [0.29, 0.717) is 29.2 Å². The molecule has 0 aliphatic carbocycles. The highest BCUT2D eigenvalue weighted by Gasteiger charge is 2.39. The Hall–Kier alpha value is -2.60. The third kappa shape index (κ3) is 3.90. The van der Waals surface area contributed by atoms with Crippen molar-refractivity contribution >= 4 is 5.91 Å². The molecule has 2 aromatic rings. The van der Waals surface area contributed by atoms with E-state index in [1.165, 1.54) is 20.3 Å². The number of hydrogen-bond acceptors (Lipinski definition) is 4. The lowest BCUT2D eigenvalue weighted by Gasteiger charge is -2.45. The van der Waals surface area contributed by atoms with Crippen molar-refractivity contribution < 1.29 is 23.4 Å². The summed E-state index contributed by atoms with van der Waals surface area (Å²) in [7, 11) is 3.08. The molecule has 0 aromatic heterocycles. The van der Waals surface area contributed by atoms with Crippen LogP contribution in [0.1, 0.15) is 35.9 Å². The molecule has 5 nitrogen and oxygen atoms in total. The average Bonchev–Trinajstić information content (AvgIpc) is 2.67.